The van der Waals surface area contributed by atoms with Gasteiger partial charge in [0.05, 0.1) is 16.0 Å². The number of nitrogens with zero attached hydrogens (tertiary/aromatic N) is 2. The number of aromatic nitrogens is 1. The van der Waals surface area contributed by atoms with E-state index in [9.17, 15) is 23.3 Å². The summed E-state index contributed by atoms with van der Waals surface area (Å²) in [5.41, 5.74) is 0.765. The molecule has 24 heavy (non-hydrogen) atoms. The molecule has 1 aromatic heterocycles. The molecular formula is C17H11F3N2O2. The van der Waals surface area contributed by atoms with Gasteiger partial charge in [0.2, 0.25) is 0 Å². The van der Waals surface area contributed by atoms with Crippen LogP contribution in [0.25, 0.3) is 22.0 Å². The Morgan fingerprint density at radius 1 is 1.12 bits per heavy atom. The molecule has 0 radical (unpaired) electrons. The fraction of sp³-hybridized carbons (Fsp3) is 0.118. The van der Waals surface area contributed by atoms with Gasteiger partial charge in [0.15, 0.2) is 0 Å². The lowest BCUT2D eigenvalue weighted by Crippen LogP contribution is -2.07. The molecule has 2 aromatic carbocycles. The van der Waals surface area contributed by atoms with Gasteiger partial charge in [0, 0.05) is 11.5 Å². The summed E-state index contributed by atoms with van der Waals surface area (Å²) in [7, 11) is 0. The van der Waals surface area contributed by atoms with E-state index in [1.54, 1.807) is 24.3 Å². The van der Waals surface area contributed by atoms with Gasteiger partial charge in [-0.1, -0.05) is 18.2 Å². The first-order valence-electron chi connectivity index (χ1n) is 6.99. The van der Waals surface area contributed by atoms with Gasteiger partial charge in [-0.05, 0) is 41.8 Å². The predicted octanol–water partition coefficient (Wildman–Crippen LogP) is 5.14. The van der Waals surface area contributed by atoms with Crippen molar-refractivity contribution in [3.05, 3.63) is 69.9 Å². The summed E-state index contributed by atoms with van der Waals surface area (Å²) in [4.78, 5) is 14.3. The first-order valence-corrected chi connectivity index (χ1v) is 6.99. The average molecular weight is 332 g/mol. The normalized spacial score (nSPS) is 11.7. The number of hydrogen-bond acceptors (Lipinski definition) is 3. The molecule has 0 amide bonds. The third-order valence-electron chi connectivity index (χ3n) is 3.83. The van der Waals surface area contributed by atoms with E-state index in [0.717, 1.165) is 12.3 Å². The maximum atomic E-state index is 13.1. The molecule has 0 fully saturated rings. The van der Waals surface area contributed by atoms with Crippen molar-refractivity contribution in [1.82, 2.24) is 4.98 Å². The molecule has 1 heterocycles. The fourth-order valence-corrected chi connectivity index (χ4v) is 2.64. The quantitative estimate of drug-likeness (QED) is 0.482. The minimum atomic E-state index is -4.43. The van der Waals surface area contributed by atoms with Gasteiger partial charge in [0.1, 0.15) is 6.20 Å². The van der Waals surface area contributed by atoms with Gasteiger partial charge in [-0.15, -0.1) is 0 Å². The zero-order chi connectivity index (χ0) is 17.5. The molecule has 3 rings (SSSR count). The topological polar surface area (TPSA) is 56.0 Å². The standard InChI is InChI=1S/C17H11F3N2O2/c1-10-14(3-2-4-15(10)17(18,19)20)11-5-6-16-12(7-11)8-13(9-21-16)22(23)24/h2-9H,1H3. The van der Waals surface area contributed by atoms with Crippen molar-refractivity contribution in [3.63, 3.8) is 0 Å². The Morgan fingerprint density at radius 3 is 2.54 bits per heavy atom. The molecule has 0 bridgehead atoms. The maximum absolute atomic E-state index is 13.1. The second-order valence-corrected chi connectivity index (χ2v) is 5.33. The zero-order valence-electron chi connectivity index (χ0n) is 12.5. The van der Waals surface area contributed by atoms with Gasteiger partial charge >= 0.3 is 6.18 Å². The molecular weight excluding hydrogens is 321 g/mol. The van der Waals surface area contributed by atoms with Crippen molar-refractivity contribution in [2.75, 3.05) is 0 Å². The Bertz CT molecular complexity index is 952. The summed E-state index contributed by atoms with van der Waals surface area (Å²) < 4.78 is 39.2. The van der Waals surface area contributed by atoms with Crippen LogP contribution in [0.15, 0.2) is 48.7 Å². The monoisotopic (exact) mass is 332 g/mol. The third-order valence-corrected chi connectivity index (χ3v) is 3.83. The van der Waals surface area contributed by atoms with Crippen LogP contribution in [0, 0.1) is 17.0 Å². The van der Waals surface area contributed by atoms with E-state index in [4.69, 9.17) is 0 Å². The molecule has 0 saturated heterocycles. The minimum Gasteiger partial charge on any atom is -0.258 e. The lowest BCUT2D eigenvalue weighted by Gasteiger charge is -2.14. The van der Waals surface area contributed by atoms with Gasteiger partial charge in [-0.2, -0.15) is 13.2 Å². The number of nitro groups is 1. The molecule has 122 valence electrons. The second kappa shape index (κ2) is 5.59. The SMILES string of the molecule is Cc1c(-c2ccc3ncc([N+](=O)[O-])cc3c2)cccc1C(F)(F)F. The highest BCUT2D eigenvalue weighted by atomic mass is 19.4. The van der Waals surface area contributed by atoms with E-state index in [2.05, 4.69) is 4.98 Å². The summed E-state index contributed by atoms with van der Waals surface area (Å²) in [6.45, 7) is 1.41. The number of hydrogen-bond donors (Lipinski definition) is 0. The fourth-order valence-electron chi connectivity index (χ4n) is 2.64. The molecule has 0 spiro atoms. The molecule has 3 aromatic rings. The highest BCUT2D eigenvalue weighted by molar-refractivity contribution is 5.86. The van der Waals surface area contributed by atoms with Crippen LogP contribution < -0.4 is 0 Å². The lowest BCUT2D eigenvalue weighted by molar-refractivity contribution is -0.385. The Morgan fingerprint density at radius 2 is 1.88 bits per heavy atom. The minimum absolute atomic E-state index is 0.114. The number of pyridine rings is 1. The number of fused-ring (bicyclic) bond motifs is 1. The molecule has 0 aliphatic carbocycles. The average Bonchev–Trinajstić information content (AvgIpc) is 2.53. The van der Waals surface area contributed by atoms with E-state index in [1.807, 2.05) is 0 Å². The van der Waals surface area contributed by atoms with E-state index >= 15 is 0 Å². The van der Waals surface area contributed by atoms with E-state index in [1.165, 1.54) is 19.1 Å². The summed E-state index contributed by atoms with van der Waals surface area (Å²) >= 11 is 0. The molecule has 0 N–H and O–H groups in total. The Balaban J connectivity index is 2.18. The van der Waals surface area contributed by atoms with Gasteiger partial charge in [-0.25, -0.2) is 4.98 Å². The number of halogens is 3. The van der Waals surface area contributed by atoms with E-state index < -0.39 is 16.7 Å². The van der Waals surface area contributed by atoms with E-state index in [-0.39, 0.29) is 11.3 Å². The van der Waals surface area contributed by atoms with Crippen molar-refractivity contribution < 1.29 is 18.1 Å². The predicted molar refractivity (Wildman–Crippen MR) is 83.6 cm³/mol. The summed E-state index contributed by atoms with van der Waals surface area (Å²) in [6.07, 6.45) is -3.28. The van der Waals surface area contributed by atoms with Crippen LogP contribution in [-0.4, -0.2) is 9.91 Å². The number of alkyl halides is 3. The maximum Gasteiger partial charge on any atom is 0.416 e. The van der Waals surface area contributed by atoms with Crippen molar-refractivity contribution >= 4 is 16.6 Å². The van der Waals surface area contributed by atoms with Gasteiger partial charge in [-0.3, -0.25) is 10.1 Å². The first-order chi connectivity index (χ1) is 11.3. The highest BCUT2D eigenvalue weighted by Gasteiger charge is 2.32. The van der Waals surface area contributed by atoms with Crippen molar-refractivity contribution in [2.45, 2.75) is 13.1 Å². The molecule has 0 aliphatic rings. The smallest absolute Gasteiger partial charge is 0.258 e. The van der Waals surface area contributed by atoms with Crippen LogP contribution in [0.3, 0.4) is 0 Å². The van der Waals surface area contributed by atoms with Crippen LogP contribution in [0.4, 0.5) is 18.9 Å². The molecule has 4 nitrogen and oxygen atoms in total. The zero-order valence-corrected chi connectivity index (χ0v) is 12.5. The Labute approximate surface area is 134 Å². The van der Waals surface area contributed by atoms with Crippen LogP contribution in [-0.2, 0) is 6.18 Å². The van der Waals surface area contributed by atoms with Crippen molar-refractivity contribution in [2.24, 2.45) is 0 Å². The van der Waals surface area contributed by atoms with E-state index in [0.29, 0.717) is 22.0 Å². The Kier molecular flexibility index (Phi) is 3.71. The summed E-state index contributed by atoms with van der Waals surface area (Å²) in [5.74, 6) is 0. The lowest BCUT2D eigenvalue weighted by atomic mass is 9.95. The Hall–Kier alpha value is -2.96. The van der Waals surface area contributed by atoms with Crippen LogP contribution in [0.1, 0.15) is 11.1 Å². The molecule has 7 heteroatoms. The number of benzene rings is 2. The third kappa shape index (κ3) is 2.80. The molecule has 0 unspecified atom stereocenters. The highest BCUT2D eigenvalue weighted by Crippen LogP contribution is 2.36. The van der Waals surface area contributed by atoms with Crippen LogP contribution in [0.5, 0.6) is 0 Å². The van der Waals surface area contributed by atoms with Gasteiger partial charge in [0.25, 0.3) is 5.69 Å². The van der Waals surface area contributed by atoms with Gasteiger partial charge < -0.3 is 0 Å². The summed E-state index contributed by atoms with van der Waals surface area (Å²) in [6, 6.07) is 10.2. The summed E-state index contributed by atoms with van der Waals surface area (Å²) in [5, 5.41) is 11.3. The van der Waals surface area contributed by atoms with Crippen molar-refractivity contribution in [1.29, 1.82) is 0 Å². The second-order valence-electron chi connectivity index (χ2n) is 5.33. The molecule has 0 atom stereocenters. The largest absolute Gasteiger partial charge is 0.416 e. The van der Waals surface area contributed by atoms with Crippen LogP contribution >= 0.6 is 0 Å². The molecule has 0 aliphatic heterocycles. The van der Waals surface area contributed by atoms with Crippen LogP contribution in [0.2, 0.25) is 0 Å². The van der Waals surface area contributed by atoms with Crippen molar-refractivity contribution in [3.8, 4) is 11.1 Å². The number of rotatable bonds is 2. The first kappa shape index (κ1) is 15.9. The molecule has 0 saturated carbocycles.